The summed E-state index contributed by atoms with van der Waals surface area (Å²) in [7, 11) is -4.36. The number of fused-ring (bicyclic) bond motifs is 1. The van der Waals surface area contributed by atoms with Crippen LogP contribution in [-0.2, 0) is 0 Å². The van der Waals surface area contributed by atoms with E-state index in [9.17, 15) is 17.6 Å². The average Bonchev–Trinajstić information content (AvgIpc) is 3.04. The van der Waals surface area contributed by atoms with Crippen molar-refractivity contribution in [1.29, 1.82) is 0 Å². The van der Waals surface area contributed by atoms with Gasteiger partial charge in [0.1, 0.15) is 5.82 Å². The third-order valence-corrected chi connectivity index (χ3v) is 22.1. The fourth-order valence-electron chi connectivity index (χ4n) is 8.08. The molecule has 0 aliphatic rings. The second-order valence-corrected chi connectivity index (χ2v) is 24.2. The zero-order chi connectivity index (χ0) is 35.9. The molecule has 2 unspecified atom stereocenters. The van der Waals surface area contributed by atoms with Gasteiger partial charge in [0.2, 0.25) is 5.82 Å². The van der Waals surface area contributed by atoms with E-state index in [1.54, 1.807) is 0 Å². The standard InChI is InChI=1S/C39H63F6OSi2/c1-8-13-14-17-20-30(12-5)21-27-48(29(6)7,26-19-16-15-18-25-47(22-9-2,23-10-3)24-11-4)46-39-34-33(36(43)37(44)38(39)45)31(40)28-32(41)35(34)42/h29-30H,8-27H2,1-7H3. The van der Waals surface area contributed by atoms with Crippen LogP contribution in [0.2, 0.25) is 41.8 Å². The molecule has 1 radical (unpaired) electrons. The van der Waals surface area contributed by atoms with Crippen LogP contribution in [0.3, 0.4) is 0 Å². The van der Waals surface area contributed by atoms with E-state index in [0.717, 1.165) is 57.8 Å². The molecule has 2 aromatic carbocycles. The SMILES string of the molecule is CCCCCCC(CC)CC[Si](CCCCCC[Si](CCC)(CCC)CCC)(Oc1c(F)c(F)c(F)c2c(F)[c]c(F)c(F)c12)C(C)C. The van der Waals surface area contributed by atoms with Crippen LogP contribution >= 0.6 is 0 Å². The third-order valence-electron chi connectivity index (χ3n) is 10.9. The highest BCUT2D eigenvalue weighted by atomic mass is 28.4. The van der Waals surface area contributed by atoms with Crippen molar-refractivity contribution in [3.05, 3.63) is 41.0 Å². The minimum absolute atomic E-state index is 0.0931. The summed E-state index contributed by atoms with van der Waals surface area (Å²) in [4.78, 5) is 0. The zero-order valence-electron chi connectivity index (χ0n) is 31.0. The van der Waals surface area contributed by atoms with Crippen molar-refractivity contribution >= 4 is 27.2 Å². The Bertz CT molecular complexity index is 1240. The van der Waals surface area contributed by atoms with Crippen LogP contribution in [0, 0.1) is 46.9 Å². The Balaban J connectivity index is 2.43. The Kier molecular flexibility index (Phi) is 18.7. The van der Waals surface area contributed by atoms with Gasteiger partial charge >= 0.3 is 0 Å². The summed E-state index contributed by atoms with van der Waals surface area (Å²) in [6, 6.07) is 8.17. The first-order valence-corrected chi connectivity index (χ1v) is 24.3. The lowest BCUT2D eigenvalue weighted by atomic mass is 9.96. The van der Waals surface area contributed by atoms with Gasteiger partial charge < -0.3 is 4.43 Å². The average molecular weight is 718 g/mol. The van der Waals surface area contributed by atoms with Crippen LogP contribution in [0.1, 0.15) is 138 Å². The number of hydrogen-bond donors (Lipinski definition) is 0. The summed E-state index contributed by atoms with van der Waals surface area (Å²) in [5.74, 6) is -11.1. The van der Waals surface area contributed by atoms with Gasteiger partial charge in [-0.3, -0.25) is 0 Å². The normalized spacial score (nSPS) is 14.2. The Morgan fingerprint density at radius 1 is 0.542 bits per heavy atom. The van der Waals surface area contributed by atoms with E-state index in [2.05, 4.69) is 34.6 Å². The number of benzene rings is 2. The largest absolute Gasteiger partial charge is 0.541 e. The summed E-state index contributed by atoms with van der Waals surface area (Å²) >= 11 is 0. The van der Waals surface area contributed by atoms with Crippen molar-refractivity contribution in [3.8, 4) is 5.75 Å². The molecule has 0 aliphatic heterocycles. The van der Waals surface area contributed by atoms with Gasteiger partial charge in [-0.2, -0.15) is 4.39 Å². The quantitative estimate of drug-likeness (QED) is 0.0327. The van der Waals surface area contributed by atoms with Gasteiger partial charge in [0, 0.05) is 0 Å². The molecule has 0 saturated heterocycles. The molecule has 2 rings (SSSR count). The molecule has 0 aromatic heterocycles. The van der Waals surface area contributed by atoms with Crippen molar-refractivity contribution in [2.75, 3.05) is 0 Å². The molecule has 0 N–H and O–H groups in total. The lowest BCUT2D eigenvalue weighted by molar-refractivity contribution is 0.394. The highest BCUT2D eigenvalue weighted by molar-refractivity contribution is 6.79. The molecule has 0 fully saturated rings. The first kappa shape index (κ1) is 42.7. The summed E-state index contributed by atoms with van der Waals surface area (Å²) in [6.45, 7) is 15.2. The van der Waals surface area contributed by atoms with E-state index < -0.39 is 67.8 Å². The summed E-state index contributed by atoms with van der Waals surface area (Å²) in [5, 5.41) is -2.19. The maximum Gasteiger partial charge on any atom is 0.253 e. The second kappa shape index (κ2) is 21.0. The van der Waals surface area contributed by atoms with Gasteiger partial charge in [0.15, 0.2) is 29.0 Å². The van der Waals surface area contributed by atoms with E-state index >= 15 is 8.78 Å². The highest BCUT2D eigenvalue weighted by Gasteiger charge is 2.43. The summed E-state index contributed by atoms with van der Waals surface area (Å²) < 4.78 is 96.3. The fraction of sp³-hybridized carbons (Fsp3) is 0.744. The molecule has 275 valence electrons. The Labute approximate surface area is 290 Å². The van der Waals surface area contributed by atoms with Crippen molar-refractivity contribution in [2.45, 2.75) is 180 Å². The molecule has 1 nitrogen and oxygen atoms in total. The molecule has 0 amide bonds. The smallest absolute Gasteiger partial charge is 0.253 e. The lowest BCUT2D eigenvalue weighted by Gasteiger charge is -2.37. The van der Waals surface area contributed by atoms with Gasteiger partial charge in [-0.15, -0.1) is 0 Å². The Morgan fingerprint density at radius 3 is 1.67 bits per heavy atom. The van der Waals surface area contributed by atoms with Crippen LogP contribution in [0.4, 0.5) is 26.3 Å². The highest BCUT2D eigenvalue weighted by Crippen LogP contribution is 2.44. The van der Waals surface area contributed by atoms with Crippen molar-refractivity contribution in [3.63, 3.8) is 0 Å². The van der Waals surface area contributed by atoms with E-state index in [-0.39, 0.29) is 5.54 Å². The molecule has 48 heavy (non-hydrogen) atoms. The summed E-state index contributed by atoms with van der Waals surface area (Å²) in [5.41, 5.74) is -0.0931. The topological polar surface area (TPSA) is 9.23 Å². The zero-order valence-corrected chi connectivity index (χ0v) is 33.0. The number of rotatable bonds is 25. The van der Waals surface area contributed by atoms with E-state index in [1.807, 2.05) is 13.8 Å². The molecule has 0 heterocycles. The number of unbranched alkanes of at least 4 members (excludes halogenated alkanes) is 6. The lowest BCUT2D eigenvalue weighted by Crippen LogP contribution is -2.45. The van der Waals surface area contributed by atoms with Crippen molar-refractivity contribution in [2.24, 2.45) is 5.92 Å². The molecule has 9 heteroatoms. The van der Waals surface area contributed by atoms with Gasteiger partial charge in [-0.05, 0) is 30.0 Å². The molecule has 0 bridgehead atoms. The van der Waals surface area contributed by atoms with Gasteiger partial charge in [0.05, 0.1) is 24.9 Å². The van der Waals surface area contributed by atoms with Gasteiger partial charge in [-0.1, -0.05) is 156 Å². The maximum atomic E-state index is 15.6. The first-order valence-electron chi connectivity index (χ1n) is 19.1. The minimum atomic E-state index is -3.07. The molecule has 2 aromatic rings. The van der Waals surface area contributed by atoms with Crippen LogP contribution in [0.15, 0.2) is 0 Å². The number of hydrogen-bond acceptors (Lipinski definition) is 1. The van der Waals surface area contributed by atoms with Crippen LogP contribution in [-0.4, -0.2) is 16.4 Å². The predicted octanol–water partition coefficient (Wildman–Crippen LogP) is 14.8. The third kappa shape index (κ3) is 11.3. The molecule has 0 spiro atoms. The van der Waals surface area contributed by atoms with E-state index in [1.165, 1.54) is 62.3 Å². The first-order chi connectivity index (χ1) is 22.9. The second-order valence-electron chi connectivity index (χ2n) is 14.7. The van der Waals surface area contributed by atoms with E-state index in [4.69, 9.17) is 4.43 Å². The summed E-state index contributed by atoms with van der Waals surface area (Å²) in [6.07, 6.45) is 15.2. The Hall–Kier alpha value is -1.49. The molecule has 0 aliphatic carbocycles. The van der Waals surface area contributed by atoms with Gasteiger partial charge in [0.25, 0.3) is 8.32 Å². The van der Waals surface area contributed by atoms with Crippen molar-refractivity contribution < 1.29 is 30.8 Å². The Morgan fingerprint density at radius 2 is 1.12 bits per heavy atom. The van der Waals surface area contributed by atoms with Crippen LogP contribution in [0.25, 0.3) is 10.8 Å². The van der Waals surface area contributed by atoms with E-state index in [0.29, 0.717) is 18.0 Å². The maximum absolute atomic E-state index is 15.6. The molecule has 0 saturated carbocycles. The molecular weight excluding hydrogens is 655 g/mol. The van der Waals surface area contributed by atoms with Crippen LogP contribution < -0.4 is 4.43 Å². The molecule has 2 atom stereocenters. The fourth-order valence-corrected chi connectivity index (χ4v) is 17.9. The predicted molar refractivity (Wildman–Crippen MR) is 195 cm³/mol. The van der Waals surface area contributed by atoms with Crippen LogP contribution in [0.5, 0.6) is 5.75 Å². The minimum Gasteiger partial charge on any atom is -0.541 e. The number of halogens is 6. The molecular formula is C39H63F6OSi2. The van der Waals surface area contributed by atoms with Crippen molar-refractivity contribution in [1.82, 2.24) is 0 Å². The monoisotopic (exact) mass is 717 g/mol. The van der Waals surface area contributed by atoms with Gasteiger partial charge in [-0.25, -0.2) is 22.0 Å².